The number of primary sulfonamides is 1. The highest BCUT2D eigenvalue weighted by molar-refractivity contribution is 7.89. The molecule has 0 saturated heterocycles. The summed E-state index contributed by atoms with van der Waals surface area (Å²) in [7, 11) is -3.72. The Bertz CT molecular complexity index is 837. The highest BCUT2D eigenvalue weighted by atomic mass is 32.2. The topological polar surface area (TPSA) is 113 Å². The van der Waals surface area contributed by atoms with E-state index in [2.05, 4.69) is 5.32 Å². The van der Waals surface area contributed by atoms with E-state index < -0.39 is 10.0 Å². The normalized spacial score (nSPS) is 10.7. The summed E-state index contributed by atoms with van der Waals surface area (Å²) in [5.41, 5.74) is 1.53. The zero-order valence-corrected chi connectivity index (χ0v) is 12.3. The van der Waals surface area contributed by atoms with Crippen LogP contribution in [0.25, 0.3) is 0 Å². The third-order valence-corrected chi connectivity index (χ3v) is 3.89. The fraction of sp³-hybridized carbons (Fsp3) is 0.0667. The molecule has 0 fully saturated rings. The summed E-state index contributed by atoms with van der Waals surface area (Å²) >= 11 is 0. The first kappa shape index (κ1) is 15.7. The number of nitrogens with two attached hydrogens (primary N) is 1. The molecule has 112 valence electrons. The van der Waals surface area contributed by atoms with Crippen LogP contribution in [0.2, 0.25) is 0 Å². The average Bonchev–Trinajstić information content (AvgIpc) is 2.52. The van der Waals surface area contributed by atoms with E-state index in [1.54, 1.807) is 30.3 Å². The maximum absolute atomic E-state index is 12.0. The Morgan fingerprint density at radius 3 is 2.45 bits per heavy atom. The number of carbonyl (C=O) groups is 1. The number of amides is 1. The Morgan fingerprint density at radius 1 is 1.18 bits per heavy atom. The van der Waals surface area contributed by atoms with Crippen LogP contribution >= 0.6 is 0 Å². The van der Waals surface area contributed by atoms with E-state index >= 15 is 0 Å². The Hall–Kier alpha value is -2.69. The van der Waals surface area contributed by atoms with Gasteiger partial charge >= 0.3 is 0 Å². The van der Waals surface area contributed by atoms with Crippen LogP contribution < -0.4 is 10.5 Å². The first-order valence-corrected chi connectivity index (χ1v) is 7.85. The number of carbonyl (C=O) groups excluding carboxylic acids is 1. The Labute approximate surface area is 128 Å². The summed E-state index contributed by atoms with van der Waals surface area (Å²) in [5, 5.41) is 16.5. The van der Waals surface area contributed by atoms with Gasteiger partial charge in [-0.15, -0.1) is 0 Å². The Balaban J connectivity index is 2.03. The number of nitriles is 1. The van der Waals surface area contributed by atoms with Gasteiger partial charge in [0.15, 0.2) is 0 Å². The lowest BCUT2D eigenvalue weighted by atomic mass is 10.1. The maximum Gasteiger partial charge on any atom is 0.251 e. The molecular formula is C15H13N3O3S. The predicted octanol–water partition coefficient (Wildman–Crippen LogP) is 1.14. The van der Waals surface area contributed by atoms with Gasteiger partial charge in [0, 0.05) is 12.1 Å². The molecule has 0 unspecified atom stereocenters. The van der Waals surface area contributed by atoms with Crippen molar-refractivity contribution in [3.05, 3.63) is 65.2 Å². The zero-order valence-electron chi connectivity index (χ0n) is 11.5. The molecule has 0 aliphatic heterocycles. The zero-order chi connectivity index (χ0) is 16.2. The fourth-order valence-electron chi connectivity index (χ4n) is 1.81. The molecule has 0 spiro atoms. The molecule has 0 radical (unpaired) electrons. The van der Waals surface area contributed by atoms with Crippen molar-refractivity contribution in [2.75, 3.05) is 0 Å². The molecule has 6 nitrogen and oxygen atoms in total. The second kappa shape index (κ2) is 6.39. The second-order valence-corrected chi connectivity index (χ2v) is 6.13. The molecular weight excluding hydrogens is 302 g/mol. The van der Waals surface area contributed by atoms with Crippen molar-refractivity contribution in [1.82, 2.24) is 5.32 Å². The van der Waals surface area contributed by atoms with Crippen LogP contribution in [0.5, 0.6) is 0 Å². The van der Waals surface area contributed by atoms with Crippen molar-refractivity contribution in [3.8, 4) is 6.07 Å². The molecule has 0 aliphatic carbocycles. The quantitative estimate of drug-likeness (QED) is 0.880. The van der Waals surface area contributed by atoms with Crippen molar-refractivity contribution in [1.29, 1.82) is 5.26 Å². The monoisotopic (exact) mass is 315 g/mol. The first-order valence-electron chi connectivity index (χ1n) is 6.30. The number of nitrogens with zero attached hydrogens (tertiary/aromatic N) is 1. The van der Waals surface area contributed by atoms with E-state index in [0.717, 1.165) is 5.56 Å². The van der Waals surface area contributed by atoms with Gasteiger partial charge in [-0.25, -0.2) is 13.6 Å². The van der Waals surface area contributed by atoms with Crippen LogP contribution in [-0.4, -0.2) is 14.3 Å². The lowest BCUT2D eigenvalue weighted by Gasteiger charge is -2.06. The van der Waals surface area contributed by atoms with Crippen LogP contribution in [0.15, 0.2) is 53.4 Å². The SMILES string of the molecule is N#Cc1cccc(C(=O)NCc2ccc(S(N)(=O)=O)cc2)c1. The summed E-state index contributed by atoms with van der Waals surface area (Å²) in [4.78, 5) is 12.0. The third kappa shape index (κ3) is 3.91. The highest BCUT2D eigenvalue weighted by Crippen LogP contribution is 2.09. The molecule has 0 saturated carbocycles. The third-order valence-electron chi connectivity index (χ3n) is 2.96. The van der Waals surface area contributed by atoms with E-state index in [9.17, 15) is 13.2 Å². The van der Waals surface area contributed by atoms with Gasteiger partial charge in [-0.2, -0.15) is 5.26 Å². The van der Waals surface area contributed by atoms with E-state index in [1.165, 1.54) is 18.2 Å². The van der Waals surface area contributed by atoms with Crippen LogP contribution in [-0.2, 0) is 16.6 Å². The molecule has 22 heavy (non-hydrogen) atoms. The molecule has 2 aromatic rings. The average molecular weight is 315 g/mol. The summed E-state index contributed by atoms with van der Waals surface area (Å²) in [6.07, 6.45) is 0. The second-order valence-electron chi connectivity index (χ2n) is 4.56. The molecule has 0 heterocycles. The maximum atomic E-state index is 12.0. The molecule has 1 amide bonds. The van der Waals surface area contributed by atoms with Gasteiger partial charge in [0.25, 0.3) is 5.91 Å². The summed E-state index contributed by atoms with van der Waals surface area (Å²) in [6, 6.07) is 14.2. The molecule has 0 aliphatic rings. The van der Waals surface area contributed by atoms with Gasteiger partial charge in [-0.3, -0.25) is 4.79 Å². The van der Waals surface area contributed by atoms with Gasteiger partial charge in [0.05, 0.1) is 16.5 Å². The fourth-order valence-corrected chi connectivity index (χ4v) is 2.33. The van der Waals surface area contributed by atoms with Crippen molar-refractivity contribution >= 4 is 15.9 Å². The minimum Gasteiger partial charge on any atom is -0.348 e. The molecule has 0 bridgehead atoms. The summed E-state index contributed by atoms with van der Waals surface area (Å²) in [5.74, 6) is -0.312. The largest absolute Gasteiger partial charge is 0.348 e. The van der Waals surface area contributed by atoms with Crippen molar-refractivity contribution < 1.29 is 13.2 Å². The summed E-state index contributed by atoms with van der Waals surface area (Å²) < 4.78 is 22.3. The van der Waals surface area contributed by atoms with Crippen molar-refractivity contribution in [2.45, 2.75) is 11.4 Å². The number of nitrogens with one attached hydrogen (secondary N) is 1. The van der Waals surface area contributed by atoms with Gasteiger partial charge in [0.2, 0.25) is 10.0 Å². The van der Waals surface area contributed by atoms with Crippen molar-refractivity contribution in [3.63, 3.8) is 0 Å². The molecule has 0 atom stereocenters. The molecule has 3 N–H and O–H groups in total. The molecule has 7 heteroatoms. The standard InChI is InChI=1S/C15H13N3O3S/c16-9-12-2-1-3-13(8-12)15(19)18-10-11-4-6-14(7-5-11)22(17,20)21/h1-8H,10H2,(H,18,19)(H2,17,20,21). The van der Waals surface area contributed by atoms with Crippen molar-refractivity contribution in [2.24, 2.45) is 5.14 Å². The molecule has 2 rings (SSSR count). The van der Waals surface area contributed by atoms with Gasteiger partial charge < -0.3 is 5.32 Å². The first-order chi connectivity index (χ1) is 10.4. The number of sulfonamides is 1. The van der Waals surface area contributed by atoms with Crippen LogP contribution in [0.4, 0.5) is 0 Å². The lowest BCUT2D eigenvalue weighted by Crippen LogP contribution is -2.22. The van der Waals surface area contributed by atoms with Gasteiger partial charge in [0.1, 0.15) is 0 Å². The minimum absolute atomic E-state index is 0.0179. The van der Waals surface area contributed by atoms with Gasteiger partial charge in [-0.1, -0.05) is 18.2 Å². The lowest BCUT2D eigenvalue weighted by molar-refractivity contribution is 0.0951. The summed E-state index contributed by atoms with van der Waals surface area (Å²) in [6.45, 7) is 0.237. The number of hydrogen-bond acceptors (Lipinski definition) is 4. The number of rotatable bonds is 4. The molecule has 0 aromatic heterocycles. The van der Waals surface area contributed by atoms with Crippen LogP contribution in [0, 0.1) is 11.3 Å². The minimum atomic E-state index is -3.72. The predicted molar refractivity (Wildman–Crippen MR) is 80.1 cm³/mol. The Kier molecular flexibility index (Phi) is 4.56. The Morgan fingerprint density at radius 2 is 1.86 bits per heavy atom. The van der Waals surface area contributed by atoms with E-state index in [4.69, 9.17) is 10.4 Å². The van der Waals surface area contributed by atoms with Gasteiger partial charge in [-0.05, 0) is 35.9 Å². The number of hydrogen-bond donors (Lipinski definition) is 2. The van der Waals surface area contributed by atoms with Crippen LogP contribution in [0.3, 0.4) is 0 Å². The van der Waals surface area contributed by atoms with E-state index in [-0.39, 0.29) is 17.3 Å². The highest BCUT2D eigenvalue weighted by Gasteiger charge is 2.08. The van der Waals surface area contributed by atoms with E-state index in [0.29, 0.717) is 11.1 Å². The number of benzene rings is 2. The smallest absolute Gasteiger partial charge is 0.251 e. The molecule has 2 aromatic carbocycles. The van der Waals surface area contributed by atoms with Crippen LogP contribution in [0.1, 0.15) is 21.5 Å². The van der Waals surface area contributed by atoms with E-state index in [1.807, 2.05) is 6.07 Å².